The Kier molecular flexibility index (Phi) is 6.39. The summed E-state index contributed by atoms with van der Waals surface area (Å²) in [4.78, 5) is 14.4. The lowest BCUT2D eigenvalue weighted by Gasteiger charge is -2.48. The third-order valence-corrected chi connectivity index (χ3v) is 5.28. The zero-order valence-electron chi connectivity index (χ0n) is 12.2. The van der Waals surface area contributed by atoms with Crippen molar-refractivity contribution < 1.29 is 9.53 Å². The molecule has 2 saturated heterocycles. The predicted octanol–water partition coefficient (Wildman–Crippen LogP) is 1.67. The lowest BCUT2D eigenvalue weighted by molar-refractivity contribution is -0.122. The monoisotopic (exact) mass is 298 g/mol. The lowest BCUT2D eigenvalue weighted by Crippen LogP contribution is -2.60. The second kappa shape index (κ2) is 8.05. The van der Waals surface area contributed by atoms with Gasteiger partial charge in [-0.15, -0.1) is 6.58 Å². The van der Waals surface area contributed by atoms with Gasteiger partial charge in [0.1, 0.15) is 0 Å². The summed E-state index contributed by atoms with van der Waals surface area (Å²) < 4.78 is 5.47. The first-order chi connectivity index (χ1) is 9.77. The molecule has 5 heteroatoms. The molecule has 1 N–H and O–H groups in total. The zero-order chi connectivity index (χ0) is 14.3. The van der Waals surface area contributed by atoms with Gasteiger partial charge in [0.2, 0.25) is 5.91 Å². The minimum atomic E-state index is 0.149. The van der Waals surface area contributed by atoms with Gasteiger partial charge in [0.25, 0.3) is 0 Å². The molecule has 0 aromatic carbocycles. The van der Waals surface area contributed by atoms with Crippen LogP contribution in [0.25, 0.3) is 0 Å². The molecule has 2 aliphatic rings. The summed E-state index contributed by atoms with van der Waals surface area (Å²) in [7, 11) is 0. The van der Waals surface area contributed by atoms with Crippen molar-refractivity contribution in [2.45, 2.75) is 31.2 Å². The summed E-state index contributed by atoms with van der Waals surface area (Å²) in [5.41, 5.74) is 0.152. The number of nitrogens with one attached hydrogen (secondary N) is 1. The number of ether oxygens (including phenoxy) is 1. The molecule has 0 aromatic heterocycles. The molecule has 114 valence electrons. The normalized spacial score (nSPS) is 23.2. The van der Waals surface area contributed by atoms with Gasteiger partial charge in [-0.3, -0.25) is 9.69 Å². The van der Waals surface area contributed by atoms with Gasteiger partial charge >= 0.3 is 0 Å². The minimum absolute atomic E-state index is 0.149. The van der Waals surface area contributed by atoms with E-state index in [1.807, 2.05) is 11.8 Å². The van der Waals surface area contributed by atoms with E-state index in [-0.39, 0.29) is 11.4 Å². The Bertz CT molecular complexity index is 324. The van der Waals surface area contributed by atoms with E-state index in [0.717, 1.165) is 39.3 Å². The molecule has 0 saturated carbocycles. The first kappa shape index (κ1) is 15.9. The maximum atomic E-state index is 11.9. The number of allylic oxidation sites excluding steroid dienone is 1. The molecule has 0 unspecified atom stereocenters. The van der Waals surface area contributed by atoms with Crippen LogP contribution in [0.5, 0.6) is 0 Å². The highest BCUT2D eigenvalue weighted by Gasteiger charge is 2.38. The largest absolute Gasteiger partial charge is 0.379 e. The number of hydrogen-bond acceptors (Lipinski definition) is 4. The smallest absolute Gasteiger partial charge is 0.220 e. The van der Waals surface area contributed by atoms with Gasteiger partial charge < -0.3 is 10.1 Å². The Hall–Kier alpha value is -0.520. The number of carbonyl (C=O) groups excluding carboxylic acids is 1. The molecule has 2 rings (SSSR count). The van der Waals surface area contributed by atoms with Crippen LogP contribution < -0.4 is 5.32 Å². The Morgan fingerprint density at radius 2 is 2.05 bits per heavy atom. The molecule has 0 atom stereocenters. The standard InChI is InChI=1S/C15H26N2O2S/c1-2-3-4-14(18)16-13-15(5-11-20-12-6-15)17-7-9-19-10-8-17/h2H,1,3-13H2,(H,16,18). The number of nitrogens with zero attached hydrogens (tertiary/aromatic N) is 1. The summed E-state index contributed by atoms with van der Waals surface area (Å²) in [6.07, 6.45) is 5.44. The SMILES string of the molecule is C=CCCC(=O)NCC1(N2CCOCC2)CCSCC1. The van der Waals surface area contributed by atoms with E-state index in [1.165, 1.54) is 24.3 Å². The topological polar surface area (TPSA) is 41.6 Å². The van der Waals surface area contributed by atoms with Gasteiger partial charge in [-0.1, -0.05) is 6.08 Å². The molecule has 0 spiro atoms. The van der Waals surface area contributed by atoms with E-state index in [1.54, 1.807) is 6.08 Å². The fourth-order valence-electron chi connectivity index (χ4n) is 2.98. The minimum Gasteiger partial charge on any atom is -0.379 e. The summed E-state index contributed by atoms with van der Waals surface area (Å²) in [6.45, 7) is 8.07. The molecule has 2 aliphatic heterocycles. The van der Waals surface area contributed by atoms with Crippen molar-refractivity contribution in [3.05, 3.63) is 12.7 Å². The van der Waals surface area contributed by atoms with E-state index in [0.29, 0.717) is 6.42 Å². The van der Waals surface area contributed by atoms with Crippen molar-refractivity contribution in [3.63, 3.8) is 0 Å². The Balaban J connectivity index is 1.92. The van der Waals surface area contributed by atoms with Crippen molar-refractivity contribution in [2.24, 2.45) is 0 Å². The number of amides is 1. The molecule has 1 amide bonds. The van der Waals surface area contributed by atoms with Crippen molar-refractivity contribution in [1.82, 2.24) is 10.2 Å². The number of morpholine rings is 1. The van der Waals surface area contributed by atoms with Gasteiger partial charge in [0.05, 0.1) is 13.2 Å². The van der Waals surface area contributed by atoms with Crippen molar-refractivity contribution >= 4 is 17.7 Å². The van der Waals surface area contributed by atoms with Gasteiger partial charge in [-0.05, 0) is 30.8 Å². The van der Waals surface area contributed by atoms with Crippen LogP contribution in [-0.2, 0) is 9.53 Å². The number of rotatable bonds is 6. The first-order valence-corrected chi connectivity index (χ1v) is 8.70. The third-order valence-electron chi connectivity index (χ3n) is 4.30. The maximum Gasteiger partial charge on any atom is 0.220 e. The van der Waals surface area contributed by atoms with Crippen LogP contribution in [0.3, 0.4) is 0 Å². The van der Waals surface area contributed by atoms with Gasteiger partial charge in [-0.2, -0.15) is 11.8 Å². The summed E-state index contributed by atoms with van der Waals surface area (Å²) in [5, 5.41) is 3.15. The highest BCUT2D eigenvalue weighted by molar-refractivity contribution is 7.99. The summed E-state index contributed by atoms with van der Waals surface area (Å²) >= 11 is 2.03. The van der Waals surface area contributed by atoms with Crippen LogP contribution in [-0.4, -0.2) is 60.7 Å². The van der Waals surface area contributed by atoms with E-state index in [4.69, 9.17) is 4.74 Å². The van der Waals surface area contributed by atoms with E-state index < -0.39 is 0 Å². The van der Waals surface area contributed by atoms with Crippen LogP contribution in [0.4, 0.5) is 0 Å². The first-order valence-electron chi connectivity index (χ1n) is 7.55. The Morgan fingerprint density at radius 1 is 1.35 bits per heavy atom. The lowest BCUT2D eigenvalue weighted by atomic mass is 9.89. The molecule has 2 fully saturated rings. The Labute approximate surface area is 126 Å². The van der Waals surface area contributed by atoms with Crippen molar-refractivity contribution in [1.29, 1.82) is 0 Å². The van der Waals surface area contributed by atoms with E-state index in [2.05, 4.69) is 16.8 Å². The quantitative estimate of drug-likeness (QED) is 0.757. The fourth-order valence-corrected chi connectivity index (χ4v) is 4.23. The highest BCUT2D eigenvalue weighted by Crippen LogP contribution is 2.32. The zero-order valence-corrected chi connectivity index (χ0v) is 13.1. The molecule has 0 aliphatic carbocycles. The third kappa shape index (κ3) is 4.24. The molecule has 0 radical (unpaired) electrons. The van der Waals surface area contributed by atoms with E-state index >= 15 is 0 Å². The number of thioether (sulfide) groups is 1. The maximum absolute atomic E-state index is 11.9. The Morgan fingerprint density at radius 3 is 2.70 bits per heavy atom. The highest BCUT2D eigenvalue weighted by atomic mass is 32.2. The number of carbonyl (C=O) groups is 1. The number of hydrogen-bond donors (Lipinski definition) is 1. The molecule has 2 heterocycles. The summed E-state index contributed by atoms with van der Waals surface area (Å²) in [5.74, 6) is 2.54. The molecule has 0 bridgehead atoms. The van der Waals surface area contributed by atoms with Crippen molar-refractivity contribution in [3.8, 4) is 0 Å². The van der Waals surface area contributed by atoms with Gasteiger partial charge in [0.15, 0.2) is 0 Å². The second-order valence-corrected chi connectivity index (χ2v) is 6.76. The van der Waals surface area contributed by atoms with Crippen LogP contribution in [0.2, 0.25) is 0 Å². The molecule has 4 nitrogen and oxygen atoms in total. The van der Waals surface area contributed by atoms with Gasteiger partial charge in [-0.25, -0.2) is 0 Å². The van der Waals surface area contributed by atoms with E-state index in [9.17, 15) is 4.79 Å². The fraction of sp³-hybridized carbons (Fsp3) is 0.800. The van der Waals surface area contributed by atoms with Crippen LogP contribution >= 0.6 is 11.8 Å². The second-order valence-electron chi connectivity index (χ2n) is 5.54. The van der Waals surface area contributed by atoms with Crippen LogP contribution in [0.15, 0.2) is 12.7 Å². The molecule has 20 heavy (non-hydrogen) atoms. The summed E-state index contributed by atoms with van der Waals surface area (Å²) in [6, 6.07) is 0. The van der Waals surface area contributed by atoms with Crippen molar-refractivity contribution in [2.75, 3.05) is 44.4 Å². The van der Waals surface area contributed by atoms with Crippen LogP contribution in [0.1, 0.15) is 25.7 Å². The molecular weight excluding hydrogens is 272 g/mol. The average Bonchev–Trinajstić information content (AvgIpc) is 2.52. The molecule has 0 aromatic rings. The average molecular weight is 298 g/mol. The predicted molar refractivity (Wildman–Crippen MR) is 84.1 cm³/mol. The van der Waals surface area contributed by atoms with Gasteiger partial charge in [0, 0.05) is 31.6 Å². The molecular formula is C15H26N2O2S. The van der Waals surface area contributed by atoms with Crippen LogP contribution in [0, 0.1) is 0 Å².